The fraction of sp³-hybridized carbons (Fsp3) is 0.447. The second kappa shape index (κ2) is 16.5. The molecule has 0 aliphatic rings. The Balaban J connectivity index is 1.88. The van der Waals surface area contributed by atoms with Crippen molar-refractivity contribution in [3.8, 4) is 0 Å². The van der Waals surface area contributed by atoms with Gasteiger partial charge in [0.2, 0.25) is 0 Å². The van der Waals surface area contributed by atoms with Crippen LogP contribution in [0.5, 0.6) is 0 Å². The topological polar surface area (TPSA) is 140 Å². The van der Waals surface area contributed by atoms with Gasteiger partial charge in [-0.3, -0.25) is 14.4 Å². The molecule has 9 heteroatoms. The minimum atomic E-state index is -1.18. The highest BCUT2D eigenvalue weighted by Gasteiger charge is 2.32. The van der Waals surface area contributed by atoms with Crippen LogP contribution >= 0.6 is 0 Å². The first-order valence-electron chi connectivity index (χ1n) is 15.8. The van der Waals surface area contributed by atoms with Gasteiger partial charge in [-0.1, -0.05) is 60.7 Å². The number of hydrogen-bond acceptors (Lipinski definition) is 9. The van der Waals surface area contributed by atoms with Gasteiger partial charge in [0.05, 0.1) is 39.6 Å². The van der Waals surface area contributed by atoms with Gasteiger partial charge in [0.1, 0.15) is 16.8 Å². The number of Topliss-reactive ketones (excluding diaryl/α,β-unsaturated/α-hetero) is 3. The zero-order chi connectivity index (χ0) is 34.8. The highest BCUT2D eigenvalue weighted by atomic mass is 16.5. The summed E-state index contributed by atoms with van der Waals surface area (Å²) in [5.74, 6) is -0.601. The van der Waals surface area contributed by atoms with Crippen LogP contribution in [0.3, 0.4) is 0 Å². The van der Waals surface area contributed by atoms with Gasteiger partial charge in [-0.05, 0) is 82.7 Å². The van der Waals surface area contributed by atoms with E-state index in [1.54, 1.807) is 65.8 Å². The predicted molar refractivity (Wildman–Crippen MR) is 179 cm³/mol. The number of ketones is 3. The SMILES string of the molecule is CC(C)(OCCO)C(=O)c1ccc(Cc2ccc(Cc3ccc(C(=O)C(C)(C)OCCO)cc3)c(C(=O)C(C)(C)OCCO)c2)cc1. The molecule has 0 unspecified atom stereocenters. The zero-order valence-corrected chi connectivity index (χ0v) is 28.3. The van der Waals surface area contributed by atoms with Crippen molar-refractivity contribution in [3.05, 3.63) is 106 Å². The molecular weight excluding hydrogens is 600 g/mol. The Hall–Kier alpha value is -3.57. The van der Waals surface area contributed by atoms with Crippen LogP contribution in [0, 0.1) is 0 Å². The van der Waals surface area contributed by atoms with Crippen molar-refractivity contribution in [1.29, 1.82) is 0 Å². The van der Waals surface area contributed by atoms with Crippen molar-refractivity contribution < 1.29 is 43.9 Å². The number of rotatable bonds is 19. The van der Waals surface area contributed by atoms with E-state index in [0.717, 1.165) is 22.3 Å². The maximum Gasteiger partial charge on any atom is 0.194 e. The molecule has 0 amide bonds. The van der Waals surface area contributed by atoms with E-state index in [-0.39, 0.29) is 57.0 Å². The van der Waals surface area contributed by atoms with Gasteiger partial charge in [0.25, 0.3) is 0 Å². The lowest BCUT2D eigenvalue weighted by molar-refractivity contribution is -0.0175. The van der Waals surface area contributed by atoms with Crippen LogP contribution in [0.25, 0.3) is 0 Å². The van der Waals surface area contributed by atoms with Crippen molar-refractivity contribution in [2.75, 3.05) is 39.6 Å². The Labute approximate surface area is 277 Å². The van der Waals surface area contributed by atoms with Crippen LogP contribution in [0.2, 0.25) is 0 Å². The standard InChI is InChI=1S/C38H48O9/c1-36(2,45-20-17-39)33(42)29-12-7-26(8-13-29)23-28-11-16-31(32(25-28)35(44)38(5,6)47-22-19-41)24-27-9-14-30(15-10-27)34(43)37(3,4)46-21-18-40/h7-16,25,39-41H,17-24H2,1-6H3. The van der Waals surface area contributed by atoms with Gasteiger partial charge in [0.15, 0.2) is 17.3 Å². The third-order valence-electron chi connectivity index (χ3n) is 7.96. The molecular formula is C38H48O9. The molecule has 0 aliphatic carbocycles. The van der Waals surface area contributed by atoms with E-state index in [2.05, 4.69) is 0 Å². The molecule has 0 bridgehead atoms. The molecule has 0 aromatic heterocycles. The fourth-order valence-electron chi connectivity index (χ4n) is 5.22. The number of benzene rings is 3. The summed E-state index contributed by atoms with van der Waals surface area (Å²) in [6.07, 6.45) is 0.948. The Morgan fingerprint density at radius 1 is 0.511 bits per heavy atom. The largest absolute Gasteiger partial charge is 0.394 e. The van der Waals surface area contributed by atoms with Gasteiger partial charge >= 0.3 is 0 Å². The zero-order valence-electron chi connectivity index (χ0n) is 28.3. The predicted octanol–water partition coefficient (Wildman–Crippen LogP) is 4.78. The van der Waals surface area contributed by atoms with E-state index in [4.69, 9.17) is 24.4 Å². The van der Waals surface area contributed by atoms with Crippen molar-refractivity contribution in [1.82, 2.24) is 0 Å². The Bertz CT molecular complexity index is 1500. The quantitative estimate of drug-likeness (QED) is 0.157. The van der Waals surface area contributed by atoms with Gasteiger partial charge in [-0.15, -0.1) is 0 Å². The van der Waals surface area contributed by atoms with E-state index in [1.165, 1.54) is 0 Å². The molecule has 3 N–H and O–H groups in total. The third-order valence-corrected chi connectivity index (χ3v) is 7.96. The smallest absolute Gasteiger partial charge is 0.194 e. The van der Waals surface area contributed by atoms with Gasteiger partial charge < -0.3 is 29.5 Å². The van der Waals surface area contributed by atoms with Gasteiger partial charge in [-0.2, -0.15) is 0 Å². The normalized spacial score (nSPS) is 12.3. The molecule has 3 aromatic carbocycles. The number of carbonyl (C=O) groups excluding carboxylic acids is 3. The lowest BCUT2D eigenvalue weighted by Gasteiger charge is -2.25. The highest BCUT2D eigenvalue weighted by molar-refractivity contribution is 6.04. The minimum Gasteiger partial charge on any atom is -0.394 e. The van der Waals surface area contributed by atoms with E-state index in [9.17, 15) is 19.5 Å². The van der Waals surface area contributed by atoms with E-state index < -0.39 is 16.8 Å². The lowest BCUT2D eigenvalue weighted by Crippen LogP contribution is -2.36. The number of ether oxygens (including phenoxy) is 3. The molecule has 0 atom stereocenters. The van der Waals surface area contributed by atoms with E-state index in [1.807, 2.05) is 42.5 Å². The summed E-state index contributed by atoms with van der Waals surface area (Å²) in [6, 6.07) is 20.2. The van der Waals surface area contributed by atoms with E-state index in [0.29, 0.717) is 29.5 Å². The number of aliphatic hydroxyl groups excluding tert-OH is 3. The van der Waals surface area contributed by atoms with Crippen LogP contribution in [0.4, 0.5) is 0 Å². The molecule has 0 aliphatic heterocycles. The van der Waals surface area contributed by atoms with Gasteiger partial charge in [-0.25, -0.2) is 0 Å². The maximum atomic E-state index is 13.9. The highest BCUT2D eigenvalue weighted by Crippen LogP contribution is 2.26. The lowest BCUT2D eigenvalue weighted by atomic mass is 9.87. The molecule has 254 valence electrons. The molecule has 3 rings (SSSR count). The summed E-state index contributed by atoms with van der Waals surface area (Å²) >= 11 is 0. The average molecular weight is 649 g/mol. The second-order valence-electron chi connectivity index (χ2n) is 13.0. The molecule has 0 heterocycles. The molecule has 0 radical (unpaired) electrons. The summed E-state index contributed by atoms with van der Waals surface area (Å²) in [7, 11) is 0. The van der Waals surface area contributed by atoms with Crippen molar-refractivity contribution >= 4 is 17.3 Å². The Morgan fingerprint density at radius 3 is 1.28 bits per heavy atom. The molecule has 9 nitrogen and oxygen atoms in total. The summed E-state index contributed by atoms with van der Waals surface area (Å²) in [4.78, 5) is 39.8. The summed E-state index contributed by atoms with van der Waals surface area (Å²) in [5.41, 5.74) is 1.68. The number of hydrogen-bond donors (Lipinski definition) is 3. The van der Waals surface area contributed by atoms with Crippen LogP contribution in [-0.2, 0) is 27.1 Å². The van der Waals surface area contributed by atoms with Crippen LogP contribution in [0.15, 0.2) is 66.7 Å². The van der Waals surface area contributed by atoms with Crippen LogP contribution in [-0.4, -0.2) is 89.1 Å². The van der Waals surface area contributed by atoms with Crippen LogP contribution < -0.4 is 0 Å². The minimum absolute atomic E-state index is 0.0224. The van der Waals surface area contributed by atoms with Crippen molar-refractivity contribution in [2.45, 2.75) is 71.2 Å². The first-order chi connectivity index (χ1) is 22.1. The summed E-state index contributed by atoms with van der Waals surface area (Å²) in [5, 5.41) is 27.5. The number of aliphatic hydroxyl groups is 3. The molecule has 0 spiro atoms. The number of carbonyl (C=O) groups is 3. The molecule has 47 heavy (non-hydrogen) atoms. The molecule has 0 saturated heterocycles. The van der Waals surface area contributed by atoms with Crippen LogP contribution in [0.1, 0.15) is 94.9 Å². The van der Waals surface area contributed by atoms with Crippen molar-refractivity contribution in [2.24, 2.45) is 0 Å². The molecule has 0 saturated carbocycles. The summed E-state index contributed by atoms with van der Waals surface area (Å²) in [6.45, 7) is 9.66. The van der Waals surface area contributed by atoms with Gasteiger partial charge in [0, 0.05) is 16.7 Å². The van der Waals surface area contributed by atoms with E-state index >= 15 is 0 Å². The van der Waals surface area contributed by atoms with Crippen molar-refractivity contribution in [3.63, 3.8) is 0 Å². The Morgan fingerprint density at radius 2 is 0.872 bits per heavy atom. The average Bonchev–Trinajstić information content (AvgIpc) is 3.05. The molecule has 0 fully saturated rings. The first-order valence-corrected chi connectivity index (χ1v) is 15.8. The Kier molecular flexibility index (Phi) is 13.3. The third kappa shape index (κ3) is 10.2. The fourth-order valence-corrected chi connectivity index (χ4v) is 5.22. The maximum absolute atomic E-state index is 13.9. The molecule has 3 aromatic rings. The second-order valence-corrected chi connectivity index (χ2v) is 13.0. The summed E-state index contributed by atoms with van der Waals surface area (Å²) < 4.78 is 16.8. The first kappa shape index (κ1) is 37.9. The monoisotopic (exact) mass is 648 g/mol.